The van der Waals surface area contributed by atoms with Crippen LogP contribution in [0.2, 0.25) is 0 Å². The molecule has 2 heterocycles. The number of hydrogen-bond donors (Lipinski definition) is 0. The van der Waals surface area contributed by atoms with Crippen molar-refractivity contribution >= 4 is 54.4 Å². The van der Waals surface area contributed by atoms with Crippen molar-refractivity contribution in [1.29, 1.82) is 0 Å². The molecule has 0 saturated heterocycles. The smallest absolute Gasteiger partial charge is 0.0541 e. The van der Waals surface area contributed by atoms with Crippen LogP contribution in [0.3, 0.4) is 0 Å². The molecule has 0 aliphatic heterocycles. The quantitative estimate of drug-likeness (QED) is 0.170. The van der Waals surface area contributed by atoms with Gasteiger partial charge in [-0.25, -0.2) is 0 Å². The molecule has 254 valence electrons. The van der Waals surface area contributed by atoms with Crippen molar-refractivity contribution in [2.24, 2.45) is 0 Å². The van der Waals surface area contributed by atoms with Crippen molar-refractivity contribution in [3.63, 3.8) is 0 Å². The third-order valence-corrected chi connectivity index (χ3v) is 11.4. The molecule has 2 nitrogen and oxygen atoms in total. The average molecular weight is 689 g/mol. The molecule has 1 atom stereocenters. The Morgan fingerprint density at radius 2 is 0.944 bits per heavy atom. The molecular formula is C52H36N2. The third kappa shape index (κ3) is 4.95. The van der Waals surface area contributed by atoms with Crippen LogP contribution in [0.5, 0.6) is 0 Å². The molecule has 10 aromatic rings. The second kappa shape index (κ2) is 12.4. The molecule has 54 heavy (non-hydrogen) atoms. The summed E-state index contributed by atoms with van der Waals surface area (Å²) in [7, 11) is 0. The Kier molecular flexibility index (Phi) is 7.03. The molecule has 0 spiro atoms. The molecule has 1 aliphatic rings. The average Bonchev–Trinajstić information content (AvgIpc) is 3.76. The van der Waals surface area contributed by atoms with E-state index in [1.807, 2.05) is 0 Å². The van der Waals surface area contributed by atoms with Gasteiger partial charge < -0.3 is 9.13 Å². The number of rotatable bonds is 5. The highest BCUT2D eigenvalue weighted by atomic mass is 15.0. The Morgan fingerprint density at radius 1 is 0.370 bits per heavy atom. The van der Waals surface area contributed by atoms with Crippen LogP contribution in [-0.2, 0) is 0 Å². The Balaban J connectivity index is 1.00. The molecule has 0 fully saturated rings. The van der Waals surface area contributed by atoms with E-state index < -0.39 is 0 Å². The highest BCUT2D eigenvalue weighted by molar-refractivity contribution is 6.12. The highest BCUT2D eigenvalue weighted by Crippen LogP contribution is 2.39. The summed E-state index contributed by atoms with van der Waals surface area (Å²) in [6.07, 6.45) is 9.93. The second-order valence-electron chi connectivity index (χ2n) is 14.5. The maximum absolute atomic E-state index is 2.43. The van der Waals surface area contributed by atoms with Crippen molar-refractivity contribution in [1.82, 2.24) is 9.13 Å². The van der Waals surface area contributed by atoms with Gasteiger partial charge in [0.2, 0.25) is 0 Å². The van der Waals surface area contributed by atoms with Gasteiger partial charge in [0.25, 0.3) is 0 Å². The van der Waals surface area contributed by atoms with Gasteiger partial charge in [0, 0.05) is 38.8 Å². The summed E-state index contributed by atoms with van der Waals surface area (Å²) >= 11 is 0. The van der Waals surface area contributed by atoms with E-state index in [2.05, 4.69) is 209 Å². The molecule has 0 bridgehead atoms. The molecule has 2 aromatic heterocycles. The van der Waals surface area contributed by atoms with Gasteiger partial charge in [-0.1, -0.05) is 133 Å². The zero-order chi connectivity index (χ0) is 35.6. The van der Waals surface area contributed by atoms with Gasteiger partial charge in [0.1, 0.15) is 0 Å². The van der Waals surface area contributed by atoms with Crippen molar-refractivity contribution < 1.29 is 0 Å². The topological polar surface area (TPSA) is 9.86 Å². The Labute approximate surface area is 314 Å². The van der Waals surface area contributed by atoms with E-state index in [0.29, 0.717) is 5.92 Å². The van der Waals surface area contributed by atoms with Gasteiger partial charge in [0.15, 0.2) is 0 Å². The minimum Gasteiger partial charge on any atom is -0.309 e. The number of benzene rings is 8. The molecule has 1 unspecified atom stereocenters. The maximum atomic E-state index is 2.43. The number of nitrogens with zero attached hydrogens (tertiary/aromatic N) is 2. The first-order valence-corrected chi connectivity index (χ1v) is 18.9. The molecule has 0 radical (unpaired) electrons. The van der Waals surface area contributed by atoms with Crippen LogP contribution in [0, 0.1) is 0 Å². The Morgan fingerprint density at radius 3 is 1.61 bits per heavy atom. The second-order valence-corrected chi connectivity index (χ2v) is 14.5. The minimum atomic E-state index is 0.408. The van der Waals surface area contributed by atoms with Crippen molar-refractivity contribution in [3.8, 4) is 33.6 Å². The van der Waals surface area contributed by atoms with E-state index in [1.165, 1.54) is 93.6 Å². The van der Waals surface area contributed by atoms with E-state index in [-0.39, 0.29) is 0 Å². The van der Waals surface area contributed by atoms with Crippen LogP contribution in [0.4, 0.5) is 0 Å². The summed E-state index contributed by atoms with van der Waals surface area (Å²) in [6, 6.07) is 65.0. The summed E-state index contributed by atoms with van der Waals surface area (Å²) in [6.45, 7) is 0. The zero-order valence-electron chi connectivity index (χ0n) is 29.7. The van der Waals surface area contributed by atoms with Crippen molar-refractivity contribution in [2.45, 2.75) is 12.3 Å². The highest BCUT2D eigenvalue weighted by Gasteiger charge is 2.17. The van der Waals surface area contributed by atoms with Gasteiger partial charge in [-0.05, 0) is 112 Å². The standard InChI is InChI=1S/C52H36N2/c1-2-12-35(13-3-1)40-18-11-19-43(31-40)53-49-22-8-6-20-45(49)47-33-41(25-28-51(47)53)37-16-10-17-38(30-37)42-26-29-52-48(34-42)46-21-7-9-23-50(46)54(52)44-27-24-36-14-4-5-15-39(36)32-44/h1-12,14-35H,13H2. The predicted molar refractivity (Wildman–Crippen MR) is 229 cm³/mol. The molecule has 0 saturated carbocycles. The summed E-state index contributed by atoms with van der Waals surface area (Å²) in [5.41, 5.74) is 13.5. The number of aromatic nitrogens is 2. The molecular weight excluding hydrogens is 653 g/mol. The largest absolute Gasteiger partial charge is 0.309 e. The lowest BCUT2D eigenvalue weighted by Crippen LogP contribution is -1.99. The monoisotopic (exact) mass is 688 g/mol. The van der Waals surface area contributed by atoms with Gasteiger partial charge in [0.05, 0.1) is 22.1 Å². The first kappa shape index (κ1) is 30.7. The van der Waals surface area contributed by atoms with Gasteiger partial charge in [-0.3, -0.25) is 0 Å². The lowest BCUT2D eigenvalue weighted by Gasteiger charge is -2.16. The summed E-state index contributed by atoms with van der Waals surface area (Å²) in [5.74, 6) is 0.408. The minimum absolute atomic E-state index is 0.408. The number of para-hydroxylation sites is 2. The summed E-state index contributed by atoms with van der Waals surface area (Å²) in [4.78, 5) is 0. The van der Waals surface area contributed by atoms with Crippen molar-refractivity contribution in [3.05, 3.63) is 206 Å². The first-order chi connectivity index (χ1) is 26.8. The normalized spacial score (nSPS) is 14.3. The van der Waals surface area contributed by atoms with Gasteiger partial charge in [-0.15, -0.1) is 0 Å². The SMILES string of the molecule is C1=CCC(c2cccc(-n3c4ccccc4c4cc(-c5cccc(-c6ccc7c(c6)c6ccccc6n7-c6ccc7ccccc7c6)c5)ccc43)c2)C=C1. The van der Waals surface area contributed by atoms with Crippen LogP contribution in [0.1, 0.15) is 17.9 Å². The van der Waals surface area contributed by atoms with Gasteiger partial charge >= 0.3 is 0 Å². The Hall–Kier alpha value is -6.90. The number of allylic oxidation sites excluding steroid dienone is 4. The Bertz CT molecular complexity index is 3150. The lowest BCUT2D eigenvalue weighted by atomic mass is 9.92. The fraction of sp³-hybridized carbons (Fsp3) is 0.0385. The first-order valence-electron chi connectivity index (χ1n) is 18.9. The van der Waals surface area contributed by atoms with Crippen LogP contribution >= 0.6 is 0 Å². The van der Waals surface area contributed by atoms with E-state index in [9.17, 15) is 0 Å². The van der Waals surface area contributed by atoms with E-state index >= 15 is 0 Å². The van der Waals surface area contributed by atoms with Crippen LogP contribution in [0.15, 0.2) is 200 Å². The molecule has 0 N–H and O–H groups in total. The summed E-state index contributed by atoms with van der Waals surface area (Å²) < 4.78 is 4.84. The lowest BCUT2D eigenvalue weighted by molar-refractivity contribution is 0.852. The predicted octanol–water partition coefficient (Wildman–Crippen LogP) is 14.0. The molecule has 8 aromatic carbocycles. The van der Waals surface area contributed by atoms with Crippen LogP contribution in [-0.4, -0.2) is 9.13 Å². The molecule has 1 aliphatic carbocycles. The summed E-state index contributed by atoms with van der Waals surface area (Å²) in [5, 5.41) is 7.56. The molecule has 11 rings (SSSR count). The third-order valence-electron chi connectivity index (χ3n) is 11.4. The van der Waals surface area contributed by atoms with E-state index in [0.717, 1.165) is 6.42 Å². The fourth-order valence-corrected chi connectivity index (χ4v) is 8.78. The molecule has 2 heteroatoms. The number of hydrogen-bond acceptors (Lipinski definition) is 0. The van der Waals surface area contributed by atoms with Gasteiger partial charge in [-0.2, -0.15) is 0 Å². The molecule has 0 amide bonds. The van der Waals surface area contributed by atoms with Crippen LogP contribution in [0.25, 0.3) is 88.0 Å². The number of fused-ring (bicyclic) bond motifs is 7. The zero-order valence-corrected chi connectivity index (χ0v) is 29.7. The van der Waals surface area contributed by atoms with E-state index in [4.69, 9.17) is 0 Å². The maximum Gasteiger partial charge on any atom is 0.0541 e. The van der Waals surface area contributed by atoms with Crippen LogP contribution < -0.4 is 0 Å². The fourth-order valence-electron chi connectivity index (χ4n) is 8.78. The van der Waals surface area contributed by atoms with Crippen molar-refractivity contribution in [2.75, 3.05) is 0 Å². The van der Waals surface area contributed by atoms with E-state index in [1.54, 1.807) is 0 Å².